The number of nitrogens with zero attached hydrogens (tertiary/aromatic N) is 4. The summed E-state index contributed by atoms with van der Waals surface area (Å²) in [6.45, 7) is 0. The van der Waals surface area contributed by atoms with Crippen molar-refractivity contribution in [3.63, 3.8) is 0 Å². The Balaban J connectivity index is 1.69. The summed E-state index contributed by atoms with van der Waals surface area (Å²) < 4.78 is 0. The van der Waals surface area contributed by atoms with Crippen LogP contribution in [0.25, 0.3) is 0 Å². The Hall–Kier alpha value is -2.44. The number of amides is 1. The number of benzene rings is 1. The Labute approximate surface area is 103 Å². The zero-order valence-electron chi connectivity index (χ0n) is 9.79. The van der Waals surface area contributed by atoms with E-state index in [1.807, 2.05) is 24.3 Å². The van der Waals surface area contributed by atoms with Gasteiger partial charge < -0.3 is 5.32 Å². The molecule has 2 heterocycles. The summed E-state index contributed by atoms with van der Waals surface area (Å²) in [5.41, 5.74) is 2.15. The second kappa shape index (κ2) is 4.10. The first kappa shape index (κ1) is 10.7. The molecule has 1 aliphatic heterocycles. The molecule has 7 nitrogen and oxygen atoms in total. The van der Waals surface area contributed by atoms with Crippen LogP contribution in [0.5, 0.6) is 0 Å². The molecule has 92 valence electrons. The quantitative estimate of drug-likeness (QED) is 0.787. The molecule has 3 rings (SSSR count). The van der Waals surface area contributed by atoms with Crippen molar-refractivity contribution in [2.75, 3.05) is 10.6 Å². The minimum Gasteiger partial charge on any atom is -0.373 e. The highest BCUT2D eigenvalue weighted by Gasteiger charge is 2.26. The topological polar surface area (TPSA) is 84.7 Å². The highest BCUT2D eigenvalue weighted by atomic mass is 16.2. The van der Waals surface area contributed by atoms with Crippen molar-refractivity contribution in [2.45, 2.75) is 12.5 Å². The fraction of sp³-hybridized carbons (Fsp3) is 0.273. The average molecular weight is 244 g/mol. The van der Waals surface area contributed by atoms with E-state index in [1.165, 1.54) is 4.80 Å². The van der Waals surface area contributed by atoms with Gasteiger partial charge in [-0.3, -0.25) is 10.1 Å². The first-order valence-electron chi connectivity index (χ1n) is 5.62. The number of aryl methyl sites for hydroxylation is 1. The molecule has 1 atom stereocenters. The monoisotopic (exact) mass is 244 g/mol. The van der Waals surface area contributed by atoms with E-state index in [4.69, 9.17) is 0 Å². The van der Waals surface area contributed by atoms with E-state index in [-0.39, 0.29) is 17.9 Å². The van der Waals surface area contributed by atoms with Gasteiger partial charge in [0.05, 0.1) is 7.05 Å². The smallest absolute Gasteiger partial charge is 0.270 e. The summed E-state index contributed by atoms with van der Waals surface area (Å²) in [6.07, 6.45) is 0.669. The molecule has 0 radical (unpaired) electrons. The van der Waals surface area contributed by atoms with Gasteiger partial charge in [-0.25, -0.2) is 0 Å². The predicted molar refractivity (Wildman–Crippen MR) is 65.0 cm³/mol. The SMILES string of the molecule is Cn1nnc(NC(=O)[C@@H]2Cc3ccccc3N2)n1. The summed E-state index contributed by atoms with van der Waals surface area (Å²) in [7, 11) is 1.65. The van der Waals surface area contributed by atoms with Crippen LogP contribution in [-0.2, 0) is 18.3 Å². The molecular weight excluding hydrogens is 232 g/mol. The van der Waals surface area contributed by atoms with Gasteiger partial charge in [0.15, 0.2) is 0 Å². The third kappa shape index (κ3) is 1.90. The molecule has 1 aliphatic rings. The number of hydrogen-bond acceptors (Lipinski definition) is 5. The van der Waals surface area contributed by atoms with Crippen LogP contribution < -0.4 is 10.6 Å². The summed E-state index contributed by atoms with van der Waals surface area (Å²) >= 11 is 0. The lowest BCUT2D eigenvalue weighted by atomic mass is 10.1. The zero-order valence-corrected chi connectivity index (χ0v) is 9.79. The van der Waals surface area contributed by atoms with Crippen molar-refractivity contribution in [1.82, 2.24) is 20.2 Å². The normalized spacial score (nSPS) is 17.1. The van der Waals surface area contributed by atoms with Crippen molar-refractivity contribution >= 4 is 17.5 Å². The van der Waals surface area contributed by atoms with Crippen LogP contribution in [0, 0.1) is 0 Å². The van der Waals surface area contributed by atoms with Gasteiger partial charge in [0.1, 0.15) is 6.04 Å². The maximum atomic E-state index is 12.0. The minimum atomic E-state index is -0.286. The first-order valence-corrected chi connectivity index (χ1v) is 5.62. The van der Waals surface area contributed by atoms with Crippen LogP contribution in [0.15, 0.2) is 24.3 Å². The van der Waals surface area contributed by atoms with E-state index in [9.17, 15) is 4.79 Å². The summed E-state index contributed by atoms with van der Waals surface area (Å²) in [4.78, 5) is 13.3. The molecule has 2 N–H and O–H groups in total. The minimum absolute atomic E-state index is 0.154. The van der Waals surface area contributed by atoms with Crippen LogP contribution in [0.2, 0.25) is 0 Å². The lowest BCUT2D eigenvalue weighted by molar-refractivity contribution is -0.116. The Bertz CT molecular complexity index is 568. The molecule has 0 bridgehead atoms. The average Bonchev–Trinajstić information content (AvgIpc) is 2.95. The molecular formula is C11H12N6O. The fourth-order valence-electron chi connectivity index (χ4n) is 1.99. The van der Waals surface area contributed by atoms with Crippen molar-refractivity contribution in [3.05, 3.63) is 29.8 Å². The highest BCUT2D eigenvalue weighted by Crippen LogP contribution is 2.25. The second-order valence-electron chi connectivity index (χ2n) is 4.15. The van der Waals surface area contributed by atoms with E-state index < -0.39 is 0 Å². The molecule has 1 aromatic heterocycles. The second-order valence-corrected chi connectivity index (χ2v) is 4.15. The number of tetrazole rings is 1. The van der Waals surface area contributed by atoms with Crippen LogP contribution in [0.3, 0.4) is 0 Å². The highest BCUT2D eigenvalue weighted by molar-refractivity contribution is 5.96. The van der Waals surface area contributed by atoms with E-state index in [2.05, 4.69) is 26.0 Å². The molecule has 0 saturated heterocycles. The molecule has 0 aliphatic carbocycles. The Kier molecular flexibility index (Phi) is 2.44. The number of fused-ring (bicyclic) bond motifs is 1. The van der Waals surface area contributed by atoms with E-state index in [0.717, 1.165) is 11.3 Å². The number of carbonyl (C=O) groups excluding carboxylic acids is 1. The van der Waals surface area contributed by atoms with Crippen LogP contribution in [0.4, 0.5) is 11.6 Å². The van der Waals surface area contributed by atoms with Crippen LogP contribution >= 0.6 is 0 Å². The molecule has 18 heavy (non-hydrogen) atoms. The lowest BCUT2D eigenvalue weighted by Gasteiger charge is -2.09. The third-order valence-electron chi connectivity index (χ3n) is 2.83. The largest absolute Gasteiger partial charge is 0.373 e. The maximum absolute atomic E-state index is 12.0. The van der Waals surface area contributed by atoms with Gasteiger partial charge >= 0.3 is 0 Å². The summed E-state index contributed by atoms with van der Waals surface area (Å²) in [5, 5.41) is 17.1. The number of hydrogen-bond donors (Lipinski definition) is 2. The standard InChI is InChI=1S/C11H12N6O/c1-17-15-11(14-16-17)13-10(18)9-6-7-4-2-3-5-8(7)12-9/h2-5,9,12H,6H2,1H3,(H,13,15,18)/t9-/m0/s1. The summed E-state index contributed by atoms with van der Waals surface area (Å²) in [5.74, 6) is 0.0689. The molecule has 1 amide bonds. The Morgan fingerprint density at radius 3 is 3.06 bits per heavy atom. The molecule has 1 aromatic carbocycles. The number of anilines is 2. The van der Waals surface area contributed by atoms with Gasteiger partial charge in [0.2, 0.25) is 5.91 Å². The third-order valence-corrected chi connectivity index (χ3v) is 2.83. The molecule has 0 saturated carbocycles. The molecule has 2 aromatic rings. The van der Waals surface area contributed by atoms with Crippen molar-refractivity contribution in [3.8, 4) is 0 Å². The van der Waals surface area contributed by atoms with Gasteiger partial charge in [-0.05, 0) is 16.8 Å². The van der Waals surface area contributed by atoms with Crippen LogP contribution in [0.1, 0.15) is 5.56 Å². The predicted octanol–water partition coefficient (Wildman–Crippen LogP) is 0.185. The number of carbonyl (C=O) groups is 1. The molecule has 0 spiro atoms. The van der Waals surface area contributed by atoms with E-state index in [1.54, 1.807) is 7.05 Å². The number of aromatic nitrogens is 4. The molecule has 0 fully saturated rings. The van der Waals surface area contributed by atoms with Gasteiger partial charge in [-0.15, -0.1) is 5.10 Å². The molecule has 7 heteroatoms. The van der Waals surface area contributed by atoms with Gasteiger partial charge in [-0.1, -0.05) is 23.3 Å². The van der Waals surface area contributed by atoms with Gasteiger partial charge in [-0.2, -0.15) is 4.80 Å². The van der Waals surface area contributed by atoms with Gasteiger partial charge in [0.25, 0.3) is 5.95 Å². The lowest BCUT2D eigenvalue weighted by Crippen LogP contribution is -2.33. The number of rotatable bonds is 2. The zero-order chi connectivity index (χ0) is 12.5. The molecule has 0 unspecified atom stereocenters. The first-order chi connectivity index (χ1) is 8.72. The van der Waals surface area contributed by atoms with Crippen molar-refractivity contribution in [2.24, 2.45) is 7.05 Å². The van der Waals surface area contributed by atoms with E-state index in [0.29, 0.717) is 6.42 Å². The van der Waals surface area contributed by atoms with Gasteiger partial charge in [0, 0.05) is 12.1 Å². The van der Waals surface area contributed by atoms with Crippen molar-refractivity contribution < 1.29 is 4.79 Å². The summed E-state index contributed by atoms with van der Waals surface area (Å²) in [6, 6.07) is 7.59. The van der Waals surface area contributed by atoms with Crippen molar-refractivity contribution in [1.29, 1.82) is 0 Å². The fourth-order valence-corrected chi connectivity index (χ4v) is 1.99. The number of nitrogens with one attached hydrogen (secondary N) is 2. The van der Waals surface area contributed by atoms with E-state index >= 15 is 0 Å². The Morgan fingerprint density at radius 2 is 2.33 bits per heavy atom. The maximum Gasteiger partial charge on any atom is 0.270 e. The Morgan fingerprint density at radius 1 is 1.50 bits per heavy atom. The number of para-hydroxylation sites is 1. The van der Waals surface area contributed by atoms with Crippen LogP contribution in [-0.4, -0.2) is 32.2 Å².